The lowest BCUT2D eigenvalue weighted by Crippen LogP contribution is -2.24. The molecular weight excluding hydrogens is 204 g/mol. The first-order chi connectivity index (χ1) is 7.52. The van der Waals surface area contributed by atoms with Gasteiger partial charge in [0, 0.05) is 25.4 Å². The molecule has 90 valence electrons. The molecule has 1 unspecified atom stereocenters. The summed E-state index contributed by atoms with van der Waals surface area (Å²) in [4.78, 5) is 6.22. The molecule has 0 aliphatic rings. The van der Waals surface area contributed by atoms with Crippen LogP contribution in [-0.4, -0.2) is 34.9 Å². The highest BCUT2D eigenvalue weighted by atomic mass is 16.3. The molecule has 2 N–H and O–H groups in total. The maximum absolute atomic E-state index is 9.61. The highest BCUT2D eigenvalue weighted by Crippen LogP contribution is 2.22. The number of aromatic nitrogens is 1. The first-order valence-corrected chi connectivity index (χ1v) is 5.54. The van der Waals surface area contributed by atoms with Crippen molar-refractivity contribution < 1.29 is 10.2 Å². The van der Waals surface area contributed by atoms with Crippen LogP contribution >= 0.6 is 0 Å². The number of hydrogen-bond donors (Lipinski definition) is 2. The van der Waals surface area contributed by atoms with Gasteiger partial charge in [-0.05, 0) is 26.3 Å². The van der Waals surface area contributed by atoms with E-state index in [1.54, 1.807) is 20.0 Å². The van der Waals surface area contributed by atoms with Crippen LogP contribution in [0.25, 0.3) is 0 Å². The van der Waals surface area contributed by atoms with E-state index < -0.39 is 6.10 Å². The van der Waals surface area contributed by atoms with Crippen LogP contribution in [0, 0.1) is 0 Å². The smallest absolute Gasteiger partial charge is 0.134 e. The summed E-state index contributed by atoms with van der Waals surface area (Å²) in [6, 6.07) is 3.68. The largest absolute Gasteiger partial charge is 0.393 e. The van der Waals surface area contributed by atoms with E-state index in [9.17, 15) is 10.2 Å². The molecular formula is C12H20N2O2. The van der Waals surface area contributed by atoms with Gasteiger partial charge in [-0.25, -0.2) is 4.98 Å². The summed E-state index contributed by atoms with van der Waals surface area (Å²) in [6.45, 7) is 4.21. The maximum Gasteiger partial charge on any atom is 0.134 e. The minimum absolute atomic E-state index is 0.318. The monoisotopic (exact) mass is 224 g/mol. The Kier molecular flexibility index (Phi) is 4.71. The number of aliphatic hydroxyl groups excluding tert-OH is 2. The van der Waals surface area contributed by atoms with Crippen LogP contribution in [-0.2, 0) is 0 Å². The summed E-state index contributed by atoms with van der Waals surface area (Å²) in [5.74, 6) is 0.776. The minimum Gasteiger partial charge on any atom is -0.393 e. The lowest BCUT2D eigenvalue weighted by atomic mass is 10.1. The molecule has 2 atom stereocenters. The van der Waals surface area contributed by atoms with E-state index in [-0.39, 0.29) is 6.10 Å². The quantitative estimate of drug-likeness (QED) is 0.792. The van der Waals surface area contributed by atoms with E-state index in [4.69, 9.17) is 0 Å². The van der Waals surface area contributed by atoms with Crippen molar-refractivity contribution in [3.63, 3.8) is 0 Å². The maximum atomic E-state index is 9.61. The average molecular weight is 224 g/mol. The lowest BCUT2D eigenvalue weighted by molar-refractivity contribution is 0.186. The van der Waals surface area contributed by atoms with Crippen LogP contribution in [0.2, 0.25) is 0 Å². The summed E-state index contributed by atoms with van der Waals surface area (Å²) < 4.78 is 0. The van der Waals surface area contributed by atoms with Crippen LogP contribution in [0.4, 0.5) is 5.82 Å². The normalized spacial score (nSPS) is 14.6. The van der Waals surface area contributed by atoms with Crippen LogP contribution in [0.15, 0.2) is 18.3 Å². The summed E-state index contributed by atoms with van der Waals surface area (Å²) in [7, 11) is 1.91. The zero-order chi connectivity index (χ0) is 12.1. The van der Waals surface area contributed by atoms with Gasteiger partial charge >= 0.3 is 0 Å². The van der Waals surface area contributed by atoms with Crippen molar-refractivity contribution in [3.05, 3.63) is 23.9 Å². The van der Waals surface area contributed by atoms with Gasteiger partial charge in [-0.3, -0.25) is 0 Å². The van der Waals surface area contributed by atoms with Gasteiger partial charge in [0.25, 0.3) is 0 Å². The molecule has 1 rings (SSSR count). The Morgan fingerprint density at radius 1 is 1.38 bits per heavy atom. The summed E-state index contributed by atoms with van der Waals surface area (Å²) >= 11 is 0. The molecule has 0 saturated carbocycles. The van der Waals surface area contributed by atoms with Crippen LogP contribution in [0.1, 0.15) is 31.9 Å². The van der Waals surface area contributed by atoms with E-state index in [0.717, 1.165) is 11.4 Å². The van der Waals surface area contributed by atoms with Crippen molar-refractivity contribution in [2.75, 3.05) is 18.5 Å². The van der Waals surface area contributed by atoms with Crippen molar-refractivity contribution in [1.82, 2.24) is 4.98 Å². The molecule has 0 fully saturated rings. The molecule has 1 heterocycles. The number of hydrogen-bond acceptors (Lipinski definition) is 4. The number of pyridine rings is 1. The summed E-state index contributed by atoms with van der Waals surface area (Å²) in [5.41, 5.74) is 0.815. The third kappa shape index (κ3) is 3.47. The van der Waals surface area contributed by atoms with E-state index in [1.165, 1.54) is 0 Å². The third-order valence-electron chi connectivity index (χ3n) is 2.51. The van der Waals surface area contributed by atoms with E-state index in [1.807, 2.05) is 24.1 Å². The van der Waals surface area contributed by atoms with Gasteiger partial charge in [0.15, 0.2) is 0 Å². The number of nitrogens with zero attached hydrogens (tertiary/aromatic N) is 2. The van der Waals surface area contributed by atoms with Gasteiger partial charge in [0.1, 0.15) is 5.82 Å². The summed E-state index contributed by atoms with van der Waals surface area (Å²) in [5, 5.41) is 18.8. The first-order valence-electron chi connectivity index (χ1n) is 5.54. The van der Waals surface area contributed by atoms with E-state index in [0.29, 0.717) is 13.0 Å². The molecule has 4 heteroatoms. The Labute approximate surface area is 96.6 Å². The number of aliphatic hydroxyl groups is 2. The fraction of sp³-hybridized carbons (Fsp3) is 0.583. The van der Waals surface area contributed by atoms with Crippen molar-refractivity contribution in [1.29, 1.82) is 0 Å². The zero-order valence-electron chi connectivity index (χ0n) is 10.1. The van der Waals surface area contributed by atoms with Gasteiger partial charge in [0.05, 0.1) is 12.2 Å². The Morgan fingerprint density at radius 3 is 2.62 bits per heavy atom. The highest BCUT2D eigenvalue weighted by Gasteiger charge is 2.12. The Hall–Kier alpha value is -1.13. The standard InChI is InChI=1S/C12H20N2O2/c1-9(15)6-8-14(3)12-11(10(2)16)5-4-7-13-12/h4-5,7,9-10,15-16H,6,8H2,1-3H3/t9?,10-/m0/s1. The second kappa shape index (κ2) is 5.82. The average Bonchev–Trinajstić information content (AvgIpc) is 2.25. The molecule has 4 nitrogen and oxygen atoms in total. The predicted octanol–water partition coefficient (Wildman–Crippen LogP) is 1.34. The Morgan fingerprint density at radius 2 is 2.06 bits per heavy atom. The van der Waals surface area contributed by atoms with Crippen molar-refractivity contribution in [3.8, 4) is 0 Å². The van der Waals surface area contributed by atoms with Crippen LogP contribution in [0.3, 0.4) is 0 Å². The zero-order valence-corrected chi connectivity index (χ0v) is 10.1. The molecule has 1 aromatic heterocycles. The number of rotatable bonds is 5. The topological polar surface area (TPSA) is 56.6 Å². The molecule has 0 aromatic carbocycles. The molecule has 0 aliphatic heterocycles. The molecule has 0 bridgehead atoms. The Bertz CT molecular complexity index is 327. The first kappa shape index (κ1) is 12.9. The minimum atomic E-state index is -0.530. The second-order valence-corrected chi connectivity index (χ2v) is 4.15. The van der Waals surface area contributed by atoms with E-state index in [2.05, 4.69) is 4.98 Å². The third-order valence-corrected chi connectivity index (χ3v) is 2.51. The van der Waals surface area contributed by atoms with Gasteiger partial charge < -0.3 is 15.1 Å². The van der Waals surface area contributed by atoms with Crippen molar-refractivity contribution in [2.45, 2.75) is 32.5 Å². The lowest BCUT2D eigenvalue weighted by Gasteiger charge is -2.22. The fourth-order valence-electron chi connectivity index (χ4n) is 1.54. The highest BCUT2D eigenvalue weighted by molar-refractivity contribution is 5.46. The van der Waals surface area contributed by atoms with E-state index >= 15 is 0 Å². The molecule has 16 heavy (non-hydrogen) atoms. The molecule has 1 aromatic rings. The molecule has 0 amide bonds. The molecule has 0 saturated heterocycles. The number of anilines is 1. The van der Waals surface area contributed by atoms with Gasteiger partial charge in [0.2, 0.25) is 0 Å². The molecule has 0 aliphatic carbocycles. The van der Waals surface area contributed by atoms with Crippen molar-refractivity contribution in [2.24, 2.45) is 0 Å². The van der Waals surface area contributed by atoms with Gasteiger partial charge in [-0.1, -0.05) is 6.07 Å². The SMILES string of the molecule is CC(O)CCN(C)c1ncccc1[C@H](C)O. The second-order valence-electron chi connectivity index (χ2n) is 4.15. The predicted molar refractivity (Wildman–Crippen MR) is 64.4 cm³/mol. The van der Waals surface area contributed by atoms with Gasteiger partial charge in [-0.15, -0.1) is 0 Å². The summed E-state index contributed by atoms with van der Waals surface area (Å²) in [6.07, 6.45) is 1.55. The molecule has 0 spiro atoms. The van der Waals surface area contributed by atoms with Crippen LogP contribution < -0.4 is 4.90 Å². The van der Waals surface area contributed by atoms with Crippen molar-refractivity contribution >= 4 is 5.82 Å². The van der Waals surface area contributed by atoms with Crippen LogP contribution in [0.5, 0.6) is 0 Å². The van der Waals surface area contributed by atoms with Gasteiger partial charge in [-0.2, -0.15) is 0 Å². The molecule has 0 radical (unpaired) electrons. The fourth-order valence-corrected chi connectivity index (χ4v) is 1.54. The Balaban J connectivity index is 2.77.